The van der Waals surface area contributed by atoms with Crippen LogP contribution in [0.25, 0.3) is 0 Å². The van der Waals surface area contributed by atoms with Crippen molar-refractivity contribution in [1.82, 2.24) is 10.6 Å². The van der Waals surface area contributed by atoms with E-state index in [9.17, 15) is 18.0 Å². The van der Waals surface area contributed by atoms with E-state index >= 15 is 0 Å². The highest BCUT2D eigenvalue weighted by atomic mass is 19.4. The Labute approximate surface area is 133 Å². The molecule has 0 bridgehead atoms. The van der Waals surface area contributed by atoms with Crippen LogP contribution < -0.4 is 10.6 Å². The lowest BCUT2D eigenvalue weighted by Crippen LogP contribution is -2.48. The van der Waals surface area contributed by atoms with E-state index in [1.807, 2.05) is 0 Å². The summed E-state index contributed by atoms with van der Waals surface area (Å²) in [5.74, 6) is -0.0389. The Kier molecular flexibility index (Phi) is 4.36. The number of hydrogen-bond donors (Lipinski definition) is 2. The largest absolute Gasteiger partial charge is 0.416 e. The molecule has 1 heterocycles. The van der Waals surface area contributed by atoms with Crippen LogP contribution in [-0.4, -0.2) is 25.0 Å². The van der Waals surface area contributed by atoms with Crippen molar-refractivity contribution in [3.63, 3.8) is 0 Å². The smallest absolute Gasteiger partial charge is 0.354 e. The van der Waals surface area contributed by atoms with Crippen LogP contribution in [0.2, 0.25) is 0 Å². The lowest BCUT2D eigenvalue weighted by molar-refractivity contribution is -0.137. The first-order valence-electron chi connectivity index (χ1n) is 8.10. The van der Waals surface area contributed by atoms with Crippen molar-refractivity contribution in [2.45, 2.75) is 49.7 Å². The summed E-state index contributed by atoms with van der Waals surface area (Å²) in [4.78, 5) is 12.2. The lowest BCUT2D eigenvalue weighted by atomic mass is 9.93. The number of halogens is 3. The van der Waals surface area contributed by atoms with Gasteiger partial charge in [0.25, 0.3) is 0 Å². The SMILES string of the molecule is O=C(NCC1(c2cccc(C(F)(F)F)c2)CC1)C1CCCCN1. The first-order chi connectivity index (χ1) is 10.9. The number of benzene rings is 1. The Bertz CT molecular complexity index is 575. The average Bonchev–Trinajstić information content (AvgIpc) is 3.34. The van der Waals surface area contributed by atoms with Gasteiger partial charge in [-0.3, -0.25) is 4.79 Å². The van der Waals surface area contributed by atoms with Crippen LogP contribution in [0, 0.1) is 0 Å². The lowest BCUT2D eigenvalue weighted by Gasteiger charge is -2.24. The summed E-state index contributed by atoms with van der Waals surface area (Å²) in [7, 11) is 0. The third kappa shape index (κ3) is 3.68. The molecule has 3 nitrogen and oxygen atoms in total. The molecule has 1 aromatic carbocycles. The highest BCUT2D eigenvalue weighted by Gasteiger charge is 2.45. The molecule has 1 unspecified atom stereocenters. The second-order valence-corrected chi connectivity index (χ2v) is 6.58. The van der Waals surface area contributed by atoms with Crippen molar-refractivity contribution >= 4 is 5.91 Å². The Morgan fingerprint density at radius 2 is 2.09 bits per heavy atom. The molecule has 126 valence electrons. The molecule has 3 rings (SSSR count). The second kappa shape index (κ2) is 6.15. The predicted molar refractivity (Wildman–Crippen MR) is 81.0 cm³/mol. The van der Waals surface area contributed by atoms with Gasteiger partial charge in [-0.05, 0) is 43.9 Å². The van der Waals surface area contributed by atoms with Crippen molar-refractivity contribution < 1.29 is 18.0 Å². The molecule has 1 aliphatic heterocycles. The summed E-state index contributed by atoms with van der Waals surface area (Å²) in [6.45, 7) is 1.25. The molecule has 2 fully saturated rings. The predicted octanol–water partition coefficient (Wildman–Crippen LogP) is 3.00. The number of piperidine rings is 1. The van der Waals surface area contributed by atoms with Gasteiger partial charge in [-0.2, -0.15) is 13.2 Å². The second-order valence-electron chi connectivity index (χ2n) is 6.58. The number of rotatable bonds is 4. The van der Waals surface area contributed by atoms with Crippen LogP contribution in [-0.2, 0) is 16.4 Å². The van der Waals surface area contributed by atoms with Gasteiger partial charge in [0.05, 0.1) is 11.6 Å². The Balaban J connectivity index is 1.65. The Morgan fingerprint density at radius 3 is 2.70 bits per heavy atom. The summed E-state index contributed by atoms with van der Waals surface area (Å²) in [5, 5.41) is 6.11. The first-order valence-corrected chi connectivity index (χ1v) is 8.10. The molecule has 23 heavy (non-hydrogen) atoms. The van der Waals surface area contributed by atoms with Gasteiger partial charge in [0, 0.05) is 12.0 Å². The molecule has 0 spiro atoms. The van der Waals surface area contributed by atoms with E-state index < -0.39 is 11.7 Å². The molecule has 1 amide bonds. The molecule has 1 saturated heterocycles. The van der Waals surface area contributed by atoms with Crippen LogP contribution in [0.3, 0.4) is 0 Å². The van der Waals surface area contributed by atoms with Crippen molar-refractivity contribution in [3.05, 3.63) is 35.4 Å². The molecule has 1 aliphatic carbocycles. The van der Waals surface area contributed by atoms with Crippen LogP contribution in [0.5, 0.6) is 0 Å². The fourth-order valence-corrected chi connectivity index (χ4v) is 3.20. The van der Waals surface area contributed by atoms with Crippen molar-refractivity contribution in [1.29, 1.82) is 0 Å². The highest BCUT2D eigenvalue weighted by molar-refractivity contribution is 5.82. The number of alkyl halides is 3. The number of amides is 1. The minimum atomic E-state index is -4.33. The zero-order valence-electron chi connectivity index (χ0n) is 12.9. The number of carbonyl (C=O) groups excluding carboxylic acids is 1. The van der Waals surface area contributed by atoms with Gasteiger partial charge in [-0.25, -0.2) is 0 Å². The maximum atomic E-state index is 12.9. The topological polar surface area (TPSA) is 41.1 Å². The minimum Gasteiger partial charge on any atom is -0.354 e. The van der Waals surface area contributed by atoms with Crippen molar-refractivity contribution in [3.8, 4) is 0 Å². The number of hydrogen-bond acceptors (Lipinski definition) is 2. The fraction of sp³-hybridized carbons (Fsp3) is 0.588. The third-order valence-electron chi connectivity index (χ3n) is 4.88. The molecule has 1 aromatic rings. The van der Waals surface area contributed by atoms with E-state index in [0.29, 0.717) is 12.1 Å². The summed E-state index contributed by atoms with van der Waals surface area (Å²) in [6.07, 6.45) is 0.227. The van der Waals surface area contributed by atoms with Crippen LogP contribution in [0.4, 0.5) is 13.2 Å². The Morgan fingerprint density at radius 1 is 1.30 bits per heavy atom. The zero-order valence-corrected chi connectivity index (χ0v) is 12.9. The summed E-state index contributed by atoms with van der Waals surface area (Å²) < 4.78 is 38.6. The number of carbonyl (C=O) groups is 1. The van der Waals surface area contributed by atoms with Gasteiger partial charge in [-0.15, -0.1) is 0 Å². The summed E-state index contributed by atoms with van der Waals surface area (Å²) >= 11 is 0. The van der Waals surface area contributed by atoms with Gasteiger partial charge >= 0.3 is 6.18 Å². The standard InChI is InChI=1S/C17H21F3N2O/c18-17(19,20)13-5-3-4-12(10-13)16(7-8-16)11-22-15(23)14-6-1-2-9-21-14/h3-5,10,14,21H,1-2,6-9,11H2,(H,22,23). The van der Waals surface area contributed by atoms with Crippen molar-refractivity contribution in [2.24, 2.45) is 0 Å². The minimum absolute atomic E-state index is 0.0389. The fourth-order valence-electron chi connectivity index (χ4n) is 3.20. The highest BCUT2D eigenvalue weighted by Crippen LogP contribution is 2.48. The summed E-state index contributed by atoms with van der Waals surface area (Å²) in [5.41, 5.74) is -0.281. The van der Waals surface area contributed by atoms with Crippen LogP contribution in [0.1, 0.15) is 43.2 Å². The molecule has 1 saturated carbocycles. The van der Waals surface area contributed by atoms with Gasteiger partial charge in [0.2, 0.25) is 5.91 Å². The quantitative estimate of drug-likeness (QED) is 0.893. The zero-order chi connectivity index (χ0) is 16.5. The maximum Gasteiger partial charge on any atom is 0.416 e. The molecule has 1 atom stereocenters. The monoisotopic (exact) mass is 326 g/mol. The first kappa shape index (κ1) is 16.3. The van der Waals surface area contributed by atoms with E-state index in [1.165, 1.54) is 12.1 Å². The van der Waals surface area contributed by atoms with E-state index in [4.69, 9.17) is 0 Å². The maximum absolute atomic E-state index is 12.9. The summed E-state index contributed by atoms with van der Waals surface area (Å²) in [6, 6.07) is 5.32. The van der Waals surface area contributed by atoms with Gasteiger partial charge in [-0.1, -0.05) is 24.6 Å². The molecule has 2 aliphatic rings. The van der Waals surface area contributed by atoms with Gasteiger partial charge < -0.3 is 10.6 Å². The Hall–Kier alpha value is -1.56. The van der Waals surface area contributed by atoms with Gasteiger partial charge in [0.15, 0.2) is 0 Å². The van der Waals surface area contributed by atoms with Gasteiger partial charge in [0.1, 0.15) is 0 Å². The number of nitrogens with one attached hydrogen (secondary N) is 2. The van der Waals surface area contributed by atoms with E-state index in [0.717, 1.165) is 44.7 Å². The van der Waals surface area contributed by atoms with Crippen LogP contribution in [0.15, 0.2) is 24.3 Å². The molecule has 0 aromatic heterocycles. The van der Waals surface area contributed by atoms with Crippen molar-refractivity contribution in [2.75, 3.05) is 13.1 Å². The molecule has 0 radical (unpaired) electrons. The van der Waals surface area contributed by atoms with E-state index in [2.05, 4.69) is 10.6 Å². The molecular weight excluding hydrogens is 305 g/mol. The molecular formula is C17H21F3N2O. The van der Waals surface area contributed by atoms with Crippen LogP contribution >= 0.6 is 0 Å². The van der Waals surface area contributed by atoms with E-state index in [-0.39, 0.29) is 17.4 Å². The normalized spacial score (nSPS) is 23.3. The van der Waals surface area contributed by atoms with E-state index in [1.54, 1.807) is 6.07 Å². The molecule has 2 N–H and O–H groups in total. The third-order valence-corrected chi connectivity index (χ3v) is 4.88. The average molecular weight is 326 g/mol. The molecule has 6 heteroatoms.